The molecule has 8 nitrogen and oxygen atoms in total. The van der Waals surface area contributed by atoms with Crippen LogP contribution in [0.15, 0.2) is 114 Å². The Hall–Kier alpha value is -5.63. The number of H-pyrrole nitrogens is 1. The third-order valence-corrected chi connectivity index (χ3v) is 7.30. The highest BCUT2D eigenvalue weighted by Crippen LogP contribution is 2.40. The van der Waals surface area contributed by atoms with E-state index in [4.69, 9.17) is 14.6 Å². The number of hydrogen-bond acceptors (Lipinski definition) is 6. The van der Waals surface area contributed by atoms with Crippen LogP contribution in [-0.4, -0.2) is 39.3 Å². The molecule has 0 unspecified atom stereocenters. The van der Waals surface area contributed by atoms with E-state index in [-0.39, 0.29) is 11.3 Å². The van der Waals surface area contributed by atoms with Crippen LogP contribution in [0, 0.1) is 0 Å². The first-order chi connectivity index (χ1) is 21.0. The molecule has 8 heteroatoms. The summed E-state index contributed by atoms with van der Waals surface area (Å²) in [5, 5.41) is 22.8. The number of aromatic hydroxyl groups is 1. The Morgan fingerprint density at radius 2 is 1.42 bits per heavy atom. The van der Waals surface area contributed by atoms with Crippen LogP contribution in [0.1, 0.15) is 16.7 Å². The fraction of sp³-hybridized carbons (Fsp3) is 0.114. The summed E-state index contributed by atoms with van der Waals surface area (Å²) in [6.07, 6.45) is 0.414. The van der Waals surface area contributed by atoms with Crippen molar-refractivity contribution < 1.29 is 14.6 Å². The van der Waals surface area contributed by atoms with E-state index < -0.39 is 0 Å². The first-order valence-corrected chi connectivity index (χ1v) is 13.8. The zero-order valence-corrected chi connectivity index (χ0v) is 23.8. The van der Waals surface area contributed by atoms with E-state index in [0.717, 1.165) is 45.0 Å². The third-order valence-electron chi connectivity index (χ3n) is 7.30. The molecule has 0 fully saturated rings. The van der Waals surface area contributed by atoms with Crippen molar-refractivity contribution >= 4 is 0 Å². The average molecular weight is 571 g/mol. The molecule has 0 aliphatic heterocycles. The van der Waals surface area contributed by atoms with Gasteiger partial charge < -0.3 is 14.6 Å². The monoisotopic (exact) mass is 570 g/mol. The molecule has 2 aromatic heterocycles. The molecule has 4 aromatic carbocycles. The second-order valence-corrected chi connectivity index (χ2v) is 10.1. The first kappa shape index (κ1) is 27.5. The van der Waals surface area contributed by atoms with Crippen molar-refractivity contribution in [3.05, 3.63) is 136 Å². The maximum absolute atomic E-state index is 13.0. The standard InChI is InChI=1S/C35H30N4O4/c1-42-29-15-11-23(12-16-29)19-27-21-31(36-37-35(27)41)32-33(25-7-4-3-5-8-25)38-39(22-24-13-17-30(43-2)18-14-24)34(32)26-9-6-10-28(40)20-26/h3-18,20-21,40H,19,22H2,1-2H3,(H,37,41). The summed E-state index contributed by atoms with van der Waals surface area (Å²) in [6.45, 7) is 0.455. The maximum Gasteiger partial charge on any atom is 0.267 e. The van der Waals surface area contributed by atoms with Gasteiger partial charge in [-0.1, -0.05) is 66.7 Å². The first-order valence-electron chi connectivity index (χ1n) is 13.8. The number of phenolic OH excluding ortho intramolecular Hbond substituents is 1. The summed E-state index contributed by atoms with van der Waals surface area (Å²) in [7, 11) is 3.26. The lowest BCUT2D eigenvalue weighted by Crippen LogP contribution is -2.15. The highest BCUT2D eigenvalue weighted by Gasteiger charge is 2.24. The van der Waals surface area contributed by atoms with Gasteiger partial charge in [0.25, 0.3) is 5.56 Å². The van der Waals surface area contributed by atoms with Crippen molar-refractivity contribution in [2.45, 2.75) is 13.0 Å². The molecule has 0 saturated carbocycles. The SMILES string of the molecule is COc1ccc(Cc2cc(-c3c(-c4ccccc4)nn(Cc4ccc(OC)cc4)c3-c3cccc(O)c3)n[nH]c2=O)cc1. The Balaban J connectivity index is 1.55. The van der Waals surface area contributed by atoms with Gasteiger partial charge in [-0.25, -0.2) is 5.10 Å². The van der Waals surface area contributed by atoms with Crippen molar-refractivity contribution in [3.63, 3.8) is 0 Å². The minimum atomic E-state index is -0.259. The smallest absolute Gasteiger partial charge is 0.267 e. The third kappa shape index (κ3) is 5.90. The number of hydrogen-bond donors (Lipinski definition) is 2. The average Bonchev–Trinajstić information content (AvgIpc) is 3.42. The van der Waals surface area contributed by atoms with Crippen LogP contribution in [0.2, 0.25) is 0 Å². The lowest BCUT2D eigenvalue weighted by molar-refractivity contribution is 0.414. The largest absolute Gasteiger partial charge is 0.508 e. The number of methoxy groups -OCH3 is 2. The number of phenols is 1. The summed E-state index contributed by atoms with van der Waals surface area (Å²) in [4.78, 5) is 13.0. The molecule has 2 N–H and O–H groups in total. The molecule has 0 aliphatic carbocycles. The molecule has 6 aromatic rings. The van der Waals surface area contributed by atoms with Gasteiger partial charge in [-0.3, -0.25) is 9.48 Å². The second kappa shape index (κ2) is 12.1. The van der Waals surface area contributed by atoms with Gasteiger partial charge in [0, 0.05) is 23.1 Å². The highest BCUT2D eigenvalue weighted by atomic mass is 16.5. The van der Waals surface area contributed by atoms with E-state index in [1.165, 1.54) is 0 Å². The summed E-state index contributed by atoms with van der Waals surface area (Å²) >= 11 is 0. The van der Waals surface area contributed by atoms with Crippen LogP contribution < -0.4 is 15.0 Å². The van der Waals surface area contributed by atoms with Gasteiger partial charge >= 0.3 is 0 Å². The van der Waals surface area contributed by atoms with Crippen molar-refractivity contribution in [2.75, 3.05) is 14.2 Å². The topological polar surface area (TPSA) is 102 Å². The number of ether oxygens (including phenoxy) is 2. The zero-order valence-electron chi connectivity index (χ0n) is 23.8. The number of aromatic amines is 1. The summed E-state index contributed by atoms with van der Waals surface area (Å²) in [6, 6.07) is 34.3. The number of benzene rings is 4. The van der Waals surface area contributed by atoms with Gasteiger partial charge in [0.2, 0.25) is 0 Å². The van der Waals surface area contributed by atoms with E-state index in [1.54, 1.807) is 32.4 Å². The van der Waals surface area contributed by atoms with Crippen LogP contribution in [0.5, 0.6) is 17.2 Å². The van der Waals surface area contributed by atoms with Crippen LogP contribution in [0.3, 0.4) is 0 Å². The van der Waals surface area contributed by atoms with E-state index in [2.05, 4.69) is 10.2 Å². The van der Waals surface area contributed by atoms with Crippen LogP contribution in [0.25, 0.3) is 33.8 Å². The van der Waals surface area contributed by atoms with Gasteiger partial charge in [0.15, 0.2) is 0 Å². The molecule has 6 rings (SSSR count). The summed E-state index contributed by atoms with van der Waals surface area (Å²) in [5.74, 6) is 1.65. The summed E-state index contributed by atoms with van der Waals surface area (Å²) < 4.78 is 12.6. The number of nitrogens with zero attached hydrogens (tertiary/aromatic N) is 3. The summed E-state index contributed by atoms with van der Waals surface area (Å²) in [5.41, 5.74) is 6.76. The Bertz CT molecular complexity index is 1910. The molecule has 0 atom stereocenters. The molecule has 0 saturated heterocycles. The maximum atomic E-state index is 13.0. The van der Waals surface area contributed by atoms with Crippen molar-refractivity contribution in [1.82, 2.24) is 20.0 Å². The number of rotatable bonds is 9. The highest BCUT2D eigenvalue weighted by molar-refractivity contribution is 5.90. The molecule has 0 radical (unpaired) electrons. The lowest BCUT2D eigenvalue weighted by atomic mass is 9.97. The molecule has 214 valence electrons. The normalized spacial score (nSPS) is 10.9. The van der Waals surface area contributed by atoms with Crippen molar-refractivity contribution in [2.24, 2.45) is 0 Å². The van der Waals surface area contributed by atoms with Gasteiger partial charge in [0.1, 0.15) is 22.9 Å². The van der Waals surface area contributed by atoms with E-state index >= 15 is 0 Å². The molecule has 43 heavy (non-hydrogen) atoms. The fourth-order valence-corrected chi connectivity index (χ4v) is 5.14. The molecule has 0 spiro atoms. The van der Waals surface area contributed by atoms with Gasteiger partial charge in [0.05, 0.1) is 37.7 Å². The van der Waals surface area contributed by atoms with Gasteiger partial charge in [-0.15, -0.1) is 0 Å². The molecular formula is C35H30N4O4. The van der Waals surface area contributed by atoms with Crippen molar-refractivity contribution in [1.29, 1.82) is 0 Å². The minimum absolute atomic E-state index is 0.136. The fourth-order valence-electron chi connectivity index (χ4n) is 5.14. The quantitative estimate of drug-likeness (QED) is 0.211. The van der Waals surface area contributed by atoms with E-state index in [1.807, 2.05) is 95.7 Å². The molecule has 0 aliphatic rings. The van der Waals surface area contributed by atoms with E-state index in [0.29, 0.717) is 29.9 Å². The number of aromatic nitrogens is 4. The molecular weight excluding hydrogens is 540 g/mol. The Morgan fingerprint density at radius 3 is 2.07 bits per heavy atom. The van der Waals surface area contributed by atoms with Crippen LogP contribution in [0.4, 0.5) is 0 Å². The number of nitrogens with one attached hydrogen (secondary N) is 1. The predicted octanol–water partition coefficient (Wildman–Crippen LogP) is 6.33. The minimum Gasteiger partial charge on any atom is -0.508 e. The Kier molecular flexibility index (Phi) is 7.74. The molecule has 0 amide bonds. The van der Waals surface area contributed by atoms with Crippen LogP contribution in [-0.2, 0) is 13.0 Å². The zero-order chi connectivity index (χ0) is 29.8. The van der Waals surface area contributed by atoms with E-state index in [9.17, 15) is 9.90 Å². The predicted molar refractivity (Wildman–Crippen MR) is 167 cm³/mol. The lowest BCUT2D eigenvalue weighted by Gasteiger charge is -2.12. The second-order valence-electron chi connectivity index (χ2n) is 10.1. The van der Waals surface area contributed by atoms with Gasteiger partial charge in [-0.2, -0.15) is 10.2 Å². The molecule has 0 bridgehead atoms. The van der Waals surface area contributed by atoms with Crippen molar-refractivity contribution in [3.8, 4) is 51.0 Å². The van der Waals surface area contributed by atoms with Gasteiger partial charge in [-0.05, 0) is 53.6 Å². The Labute approximate surface area is 248 Å². The van der Waals surface area contributed by atoms with Crippen LogP contribution >= 0.6 is 0 Å². The molecule has 2 heterocycles. The Morgan fingerprint density at radius 1 is 0.767 bits per heavy atom.